The molecule has 4 heteroatoms. The van der Waals surface area contributed by atoms with Crippen molar-refractivity contribution in [3.05, 3.63) is 130 Å². The summed E-state index contributed by atoms with van der Waals surface area (Å²) in [5.74, 6) is 0.108. The van der Waals surface area contributed by atoms with Gasteiger partial charge in [-0.1, -0.05) is 94.8 Å². The lowest BCUT2D eigenvalue weighted by Crippen LogP contribution is -2.31. The van der Waals surface area contributed by atoms with E-state index in [0.717, 1.165) is 33.3 Å². The minimum atomic E-state index is -0.146. The van der Waals surface area contributed by atoms with Crippen LogP contribution in [-0.4, -0.2) is 21.9 Å². The summed E-state index contributed by atoms with van der Waals surface area (Å²) in [6.45, 7) is 0.658. The fourth-order valence-electron chi connectivity index (χ4n) is 5.46. The molecule has 0 saturated heterocycles. The Morgan fingerprint density at radius 2 is 1.49 bits per heavy atom. The molecule has 5 aromatic rings. The number of halogens is 1. The van der Waals surface area contributed by atoms with Gasteiger partial charge in [-0.05, 0) is 47.4 Å². The third-order valence-corrected chi connectivity index (χ3v) is 7.61. The fourth-order valence-corrected chi connectivity index (χ4v) is 5.73. The molecular formula is C31H25BrN2O. The third-order valence-electron chi connectivity index (χ3n) is 7.08. The molecule has 172 valence electrons. The van der Waals surface area contributed by atoms with Crippen LogP contribution in [0, 0.1) is 0 Å². The Morgan fingerprint density at radius 1 is 0.800 bits per heavy atom. The quantitative estimate of drug-likeness (QED) is 0.237. The molecule has 0 radical (unpaired) electrons. The summed E-state index contributed by atoms with van der Waals surface area (Å²) < 4.78 is 3.32. The van der Waals surface area contributed by atoms with Gasteiger partial charge in [-0.2, -0.15) is 0 Å². The van der Waals surface area contributed by atoms with Gasteiger partial charge < -0.3 is 9.47 Å². The number of para-hydroxylation sites is 1. The average Bonchev–Trinajstić information content (AvgIpc) is 3.34. The van der Waals surface area contributed by atoms with Crippen LogP contribution in [0.3, 0.4) is 0 Å². The maximum atomic E-state index is 13.7. The molecule has 6 rings (SSSR count). The van der Waals surface area contributed by atoms with Crippen LogP contribution in [0.5, 0.6) is 0 Å². The highest BCUT2D eigenvalue weighted by atomic mass is 79.9. The van der Waals surface area contributed by atoms with Gasteiger partial charge in [0.1, 0.15) is 0 Å². The minimum absolute atomic E-state index is 0.108. The molecule has 0 spiro atoms. The van der Waals surface area contributed by atoms with Gasteiger partial charge in [0.15, 0.2) is 0 Å². The number of hydrogen-bond acceptors (Lipinski definition) is 1. The number of carbonyl (C=O) groups is 1. The van der Waals surface area contributed by atoms with Crippen LogP contribution >= 0.6 is 15.9 Å². The number of carbonyl (C=O) groups excluding carboxylic acids is 1. The summed E-state index contributed by atoms with van der Waals surface area (Å²) >= 11 is 3.58. The van der Waals surface area contributed by atoms with Crippen molar-refractivity contribution in [3.63, 3.8) is 0 Å². The Hall–Kier alpha value is -3.63. The molecule has 0 aliphatic carbocycles. The summed E-state index contributed by atoms with van der Waals surface area (Å²) in [6.07, 6.45) is 0.815. The first-order valence-corrected chi connectivity index (χ1v) is 12.7. The van der Waals surface area contributed by atoms with Gasteiger partial charge in [0.05, 0.1) is 11.7 Å². The number of hydrogen-bond donors (Lipinski definition) is 0. The molecule has 0 fully saturated rings. The molecular weight excluding hydrogens is 496 g/mol. The second-order valence-corrected chi connectivity index (χ2v) is 9.98. The van der Waals surface area contributed by atoms with E-state index >= 15 is 0 Å². The van der Waals surface area contributed by atoms with Crippen molar-refractivity contribution in [3.8, 4) is 11.3 Å². The summed E-state index contributed by atoms with van der Waals surface area (Å²) in [5, 5.41) is 1.19. The van der Waals surface area contributed by atoms with Gasteiger partial charge in [0.25, 0.3) is 5.91 Å². The zero-order chi connectivity index (χ0) is 23.9. The number of benzene rings is 4. The van der Waals surface area contributed by atoms with Crippen LogP contribution in [0.4, 0.5) is 0 Å². The second kappa shape index (κ2) is 8.86. The lowest BCUT2D eigenvalue weighted by molar-refractivity contribution is 0.0753. The smallest absolute Gasteiger partial charge is 0.255 e. The molecule has 1 amide bonds. The van der Waals surface area contributed by atoms with Gasteiger partial charge in [-0.3, -0.25) is 4.79 Å². The molecule has 2 heterocycles. The van der Waals surface area contributed by atoms with Gasteiger partial charge in [-0.15, -0.1) is 0 Å². The SMILES string of the molecule is Cn1c(-c2ccc(Br)cc2)c(C2c3ccccc3C(=O)N2CCc2ccccc2)c2ccccc21. The third kappa shape index (κ3) is 3.69. The number of fused-ring (bicyclic) bond motifs is 2. The maximum absolute atomic E-state index is 13.7. The Kier molecular flexibility index (Phi) is 5.54. The molecule has 1 aliphatic rings. The predicted molar refractivity (Wildman–Crippen MR) is 146 cm³/mol. The van der Waals surface area contributed by atoms with Crippen molar-refractivity contribution in [1.82, 2.24) is 9.47 Å². The van der Waals surface area contributed by atoms with E-state index in [-0.39, 0.29) is 11.9 Å². The van der Waals surface area contributed by atoms with Crippen molar-refractivity contribution >= 4 is 32.7 Å². The van der Waals surface area contributed by atoms with Gasteiger partial charge in [0.2, 0.25) is 0 Å². The highest BCUT2D eigenvalue weighted by Crippen LogP contribution is 2.46. The first kappa shape index (κ1) is 21.9. The van der Waals surface area contributed by atoms with Crippen LogP contribution in [0.2, 0.25) is 0 Å². The summed E-state index contributed by atoms with van der Waals surface area (Å²) in [4.78, 5) is 15.8. The molecule has 0 saturated carbocycles. The van der Waals surface area contributed by atoms with Crippen molar-refractivity contribution in [1.29, 1.82) is 0 Å². The van der Waals surface area contributed by atoms with E-state index in [4.69, 9.17) is 0 Å². The number of amides is 1. The Balaban J connectivity index is 1.56. The molecule has 0 N–H and O–H groups in total. The lowest BCUT2D eigenvalue weighted by Gasteiger charge is -2.27. The monoisotopic (exact) mass is 520 g/mol. The van der Waals surface area contributed by atoms with Crippen molar-refractivity contribution < 1.29 is 4.79 Å². The summed E-state index contributed by atoms with van der Waals surface area (Å²) in [6, 6.07) is 35.4. The minimum Gasteiger partial charge on any atom is -0.343 e. The largest absolute Gasteiger partial charge is 0.343 e. The Morgan fingerprint density at radius 3 is 2.29 bits per heavy atom. The van der Waals surface area contributed by atoms with E-state index in [0.29, 0.717) is 6.54 Å². The van der Waals surface area contributed by atoms with Gasteiger partial charge in [-0.25, -0.2) is 0 Å². The van der Waals surface area contributed by atoms with E-state index in [2.05, 4.69) is 111 Å². The van der Waals surface area contributed by atoms with Crippen LogP contribution < -0.4 is 0 Å². The summed E-state index contributed by atoms with van der Waals surface area (Å²) in [7, 11) is 2.13. The fraction of sp³-hybridized carbons (Fsp3) is 0.129. The van der Waals surface area contributed by atoms with Crippen LogP contribution in [-0.2, 0) is 13.5 Å². The van der Waals surface area contributed by atoms with Crippen LogP contribution in [0.1, 0.15) is 33.1 Å². The molecule has 1 atom stereocenters. The molecule has 0 bridgehead atoms. The van der Waals surface area contributed by atoms with Gasteiger partial charge in [0, 0.05) is 40.1 Å². The average molecular weight is 521 g/mol. The van der Waals surface area contributed by atoms with E-state index in [1.807, 2.05) is 24.3 Å². The topological polar surface area (TPSA) is 25.2 Å². The Bertz CT molecular complexity index is 1540. The molecule has 1 aromatic heterocycles. The molecule has 4 aromatic carbocycles. The van der Waals surface area contributed by atoms with Crippen molar-refractivity contribution in [2.75, 3.05) is 6.54 Å². The summed E-state index contributed by atoms with van der Waals surface area (Å²) in [5.41, 5.74) is 7.78. The zero-order valence-electron chi connectivity index (χ0n) is 19.5. The maximum Gasteiger partial charge on any atom is 0.255 e. The molecule has 35 heavy (non-hydrogen) atoms. The van der Waals surface area contributed by atoms with Crippen LogP contribution in [0.25, 0.3) is 22.2 Å². The first-order valence-electron chi connectivity index (χ1n) is 11.9. The predicted octanol–water partition coefficient (Wildman–Crippen LogP) is 7.40. The first-order chi connectivity index (χ1) is 17.1. The van der Waals surface area contributed by atoms with Crippen molar-refractivity contribution in [2.45, 2.75) is 12.5 Å². The number of rotatable bonds is 5. The second-order valence-electron chi connectivity index (χ2n) is 9.07. The van der Waals surface area contributed by atoms with E-state index in [1.54, 1.807) is 0 Å². The molecule has 1 aliphatic heterocycles. The molecule has 3 nitrogen and oxygen atoms in total. The van der Waals surface area contributed by atoms with Crippen LogP contribution in [0.15, 0.2) is 108 Å². The number of nitrogens with zero attached hydrogens (tertiary/aromatic N) is 2. The standard InChI is InChI=1S/C31H25BrN2O/c1-33-27-14-8-7-13-26(27)28(29(33)22-15-17-23(32)18-16-22)30-24-11-5-6-12-25(24)31(35)34(30)20-19-21-9-3-2-4-10-21/h2-18,30H,19-20H2,1H3. The van der Waals surface area contributed by atoms with E-state index < -0.39 is 0 Å². The number of aryl methyl sites for hydroxylation is 1. The van der Waals surface area contributed by atoms with E-state index in [1.165, 1.54) is 22.0 Å². The van der Waals surface area contributed by atoms with Crippen molar-refractivity contribution in [2.24, 2.45) is 7.05 Å². The van der Waals surface area contributed by atoms with E-state index in [9.17, 15) is 4.79 Å². The highest BCUT2D eigenvalue weighted by Gasteiger charge is 2.40. The zero-order valence-corrected chi connectivity index (χ0v) is 21.1. The molecule has 1 unspecified atom stereocenters. The number of aromatic nitrogens is 1. The highest BCUT2D eigenvalue weighted by molar-refractivity contribution is 9.10. The Labute approximate surface area is 213 Å². The lowest BCUT2D eigenvalue weighted by atomic mass is 9.93. The van der Waals surface area contributed by atoms with Gasteiger partial charge >= 0.3 is 0 Å². The normalized spacial score (nSPS) is 15.1.